The van der Waals surface area contributed by atoms with Gasteiger partial charge in [0.15, 0.2) is 0 Å². The number of nitrogens with zero attached hydrogens (tertiary/aromatic N) is 1. The van der Waals surface area contributed by atoms with Crippen LogP contribution in [0, 0.1) is 13.8 Å². The highest BCUT2D eigenvalue weighted by molar-refractivity contribution is 7.92. The van der Waals surface area contributed by atoms with Crippen LogP contribution in [0.15, 0.2) is 71.6 Å². The Kier molecular flexibility index (Phi) is 6.64. The molecule has 0 spiro atoms. The lowest BCUT2D eigenvalue weighted by Gasteiger charge is -2.19. The van der Waals surface area contributed by atoms with Crippen LogP contribution in [0.3, 0.4) is 0 Å². The van der Waals surface area contributed by atoms with Crippen LogP contribution in [0.4, 0.5) is 5.69 Å². The van der Waals surface area contributed by atoms with Gasteiger partial charge in [-0.25, -0.2) is 8.42 Å². The third-order valence-electron chi connectivity index (χ3n) is 5.12. The number of para-hydroxylation sites is 1. The third kappa shape index (κ3) is 5.15. The van der Waals surface area contributed by atoms with E-state index in [2.05, 4.69) is 4.72 Å². The molecule has 0 aliphatic heterocycles. The summed E-state index contributed by atoms with van der Waals surface area (Å²) in [5.41, 5.74) is 8.62. The minimum absolute atomic E-state index is 0.00108. The van der Waals surface area contributed by atoms with E-state index in [9.17, 15) is 18.0 Å². The first kappa shape index (κ1) is 23.0. The van der Waals surface area contributed by atoms with E-state index in [1.54, 1.807) is 56.4 Å². The molecule has 0 fully saturated rings. The fourth-order valence-electron chi connectivity index (χ4n) is 3.26. The first-order chi connectivity index (χ1) is 15.1. The van der Waals surface area contributed by atoms with Crippen molar-refractivity contribution in [3.63, 3.8) is 0 Å². The molecule has 0 bridgehead atoms. The van der Waals surface area contributed by atoms with E-state index in [4.69, 9.17) is 5.73 Å². The maximum absolute atomic E-state index is 13.1. The number of carbonyl (C=O) groups is 2. The van der Waals surface area contributed by atoms with Crippen LogP contribution >= 0.6 is 0 Å². The van der Waals surface area contributed by atoms with Crippen LogP contribution < -0.4 is 10.5 Å². The Morgan fingerprint density at radius 1 is 0.938 bits per heavy atom. The lowest BCUT2D eigenvalue weighted by atomic mass is 10.1. The molecule has 0 radical (unpaired) electrons. The van der Waals surface area contributed by atoms with Crippen molar-refractivity contribution in [1.82, 2.24) is 4.90 Å². The van der Waals surface area contributed by atoms with Crippen LogP contribution in [0.25, 0.3) is 0 Å². The summed E-state index contributed by atoms with van der Waals surface area (Å²) in [5, 5.41) is 0. The Bertz CT molecular complexity index is 1290. The highest BCUT2D eigenvalue weighted by atomic mass is 32.2. The minimum atomic E-state index is -3.88. The zero-order chi connectivity index (χ0) is 23.5. The van der Waals surface area contributed by atoms with Gasteiger partial charge in [-0.1, -0.05) is 36.4 Å². The number of hydrogen-bond acceptors (Lipinski definition) is 4. The van der Waals surface area contributed by atoms with Gasteiger partial charge >= 0.3 is 0 Å². The fraction of sp³-hybridized carbons (Fsp3) is 0.167. The second-order valence-corrected chi connectivity index (χ2v) is 9.31. The van der Waals surface area contributed by atoms with Crippen molar-refractivity contribution in [2.45, 2.75) is 25.3 Å². The van der Waals surface area contributed by atoms with Gasteiger partial charge in [-0.05, 0) is 60.9 Å². The molecule has 0 atom stereocenters. The molecule has 3 aromatic rings. The molecule has 7 nitrogen and oxygen atoms in total. The summed E-state index contributed by atoms with van der Waals surface area (Å²) in [4.78, 5) is 26.0. The van der Waals surface area contributed by atoms with Crippen LogP contribution in [-0.4, -0.2) is 32.2 Å². The second-order valence-electron chi connectivity index (χ2n) is 7.62. The van der Waals surface area contributed by atoms with Gasteiger partial charge < -0.3 is 10.6 Å². The highest BCUT2D eigenvalue weighted by Gasteiger charge is 2.21. The number of anilines is 1. The quantitative estimate of drug-likeness (QED) is 0.573. The van der Waals surface area contributed by atoms with Gasteiger partial charge in [-0.3, -0.25) is 14.3 Å². The van der Waals surface area contributed by atoms with E-state index in [0.29, 0.717) is 16.8 Å². The van der Waals surface area contributed by atoms with E-state index in [-0.39, 0.29) is 22.9 Å². The third-order valence-corrected chi connectivity index (χ3v) is 6.48. The van der Waals surface area contributed by atoms with Gasteiger partial charge in [0.2, 0.25) is 5.91 Å². The van der Waals surface area contributed by atoms with E-state index >= 15 is 0 Å². The molecule has 3 N–H and O–H groups in total. The average molecular weight is 452 g/mol. The predicted molar refractivity (Wildman–Crippen MR) is 124 cm³/mol. The zero-order valence-electron chi connectivity index (χ0n) is 18.1. The lowest BCUT2D eigenvalue weighted by molar-refractivity contribution is 0.0784. The number of aryl methyl sites for hydroxylation is 2. The molecule has 0 heterocycles. The molecule has 166 valence electrons. The molecule has 0 saturated heterocycles. The zero-order valence-corrected chi connectivity index (χ0v) is 18.9. The molecule has 0 aliphatic rings. The normalized spacial score (nSPS) is 11.1. The topological polar surface area (TPSA) is 110 Å². The van der Waals surface area contributed by atoms with Crippen molar-refractivity contribution in [2.75, 3.05) is 11.8 Å². The van der Waals surface area contributed by atoms with Gasteiger partial charge in [0.05, 0.1) is 10.6 Å². The molecular weight excluding hydrogens is 426 g/mol. The Morgan fingerprint density at radius 3 is 2.34 bits per heavy atom. The fourth-order valence-corrected chi connectivity index (χ4v) is 4.42. The first-order valence-corrected chi connectivity index (χ1v) is 11.4. The number of amides is 2. The summed E-state index contributed by atoms with van der Waals surface area (Å²) in [7, 11) is -2.26. The molecule has 2 amide bonds. The summed E-state index contributed by atoms with van der Waals surface area (Å²) in [5.74, 6) is -0.879. The van der Waals surface area contributed by atoms with Gasteiger partial charge in [0.1, 0.15) is 0 Å². The monoisotopic (exact) mass is 451 g/mol. The molecule has 0 unspecified atom stereocenters. The molecule has 32 heavy (non-hydrogen) atoms. The highest BCUT2D eigenvalue weighted by Crippen LogP contribution is 2.22. The maximum Gasteiger partial charge on any atom is 0.261 e. The number of sulfonamides is 1. The first-order valence-electron chi connectivity index (χ1n) is 9.92. The number of benzene rings is 3. The van der Waals surface area contributed by atoms with Crippen molar-refractivity contribution < 1.29 is 18.0 Å². The number of nitrogens with two attached hydrogens (primary N) is 1. The molecule has 0 aliphatic carbocycles. The van der Waals surface area contributed by atoms with Gasteiger partial charge in [-0.15, -0.1) is 0 Å². The molecule has 3 rings (SSSR count). The number of carbonyl (C=O) groups excluding carboxylic acids is 2. The number of nitrogens with one attached hydrogen (secondary N) is 1. The molecule has 0 aromatic heterocycles. The Hall–Kier alpha value is -3.65. The Labute approximate surface area is 187 Å². The largest absolute Gasteiger partial charge is 0.366 e. The Morgan fingerprint density at radius 2 is 1.66 bits per heavy atom. The second kappa shape index (κ2) is 9.23. The summed E-state index contributed by atoms with van der Waals surface area (Å²) >= 11 is 0. The molecule has 8 heteroatoms. The molecule has 0 saturated carbocycles. The van der Waals surface area contributed by atoms with Crippen LogP contribution in [0.2, 0.25) is 0 Å². The summed E-state index contributed by atoms with van der Waals surface area (Å²) in [6.07, 6.45) is 0. The average Bonchev–Trinajstić information content (AvgIpc) is 2.75. The summed E-state index contributed by atoms with van der Waals surface area (Å²) in [6, 6.07) is 18.3. The SMILES string of the molecule is Cc1ccccc1NS(=O)(=O)c1ccc(C)c(C(=O)N(C)Cc2cccc(C(N)=O)c2)c1. The smallest absolute Gasteiger partial charge is 0.261 e. The van der Waals surface area contributed by atoms with Crippen LogP contribution in [-0.2, 0) is 16.6 Å². The van der Waals surface area contributed by atoms with Crippen molar-refractivity contribution in [3.8, 4) is 0 Å². The van der Waals surface area contributed by atoms with E-state index in [1.807, 2.05) is 19.1 Å². The van der Waals surface area contributed by atoms with Gasteiger partial charge in [0.25, 0.3) is 15.9 Å². The number of rotatable bonds is 7. The van der Waals surface area contributed by atoms with Crippen LogP contribution in [0.1, 0.15) is 37.4 Å². The van der Waals surface area contributed by atoms with Gasteiger partial charge in [0, 0.05) is 24.7 Å². The Balaban J connectivity index is 1.86. The van der Waals surface area contributed by atoms with E-state index in [1.165, 1.54) is 17.0 Å². The van der Waals surface area contributed by atoms with Crippen LogP contribution in [0.5, 0.6) is 0 Å². The van der Waals surface area contributed by atoms with Gasteiger partial charge in [-0.2, -0.15) is 0 Å². The maximum atomic E-state index is 13.1. The van der Waals surface area contributed by atoms with E-state index < -0.39 is 15.9 Å². The standard InChI is InChI=1S/C24H25N3O4S/c1-16-11-12-20(32(30,31)26-22-10-5-4-7-17(22)2)14-21(16)24(29)27(3)15-18-8-6-9-19(13-18)23(25)28/h4-14,26H,15H2,1-3H3,(H2,25,28). The van der Waals surface area contributed by atoms with Crippen molar-refractivity contribution in [1.29, 1.82) is 0 Å². The molecular formula is C24H25N3O4S. The predicted octanol–water partition coefficient (Wildman–Crippen LogP) is 3.48. The van der Waals surface area contributed by atoms with E-state index in [0.717, 1.165) is 11.1 Å². The number of primary amides is 1. The minimum Gasteiger partial charge on any atom is -0.366 e. The summed E-state index contributed by atoms with van der Waals surface area (Å²) in [6.45, 7) is 3.79. The van der Waals surface area contributed by atoms with Crippen molar-refractivity contribution in [3.05, 3.63) is 94.5 Å². The molecule has 3 aromatic carbocycles. The van der Waals surface area contributed by atoms with Crippen molar-refractivity contribution in [2.24, 2.45) is 5.73 Å². The van der Waals surface area contributed by atoms with Crippen molar-refractivity contribution >= 4 is 27.5 Å². The summed E-state index contributed by atoms with van der Waals surface area (Å²) < 4.78 is 28.4. The number of hydrogen-bond donors (Lipinski definition) is 2. The lowest BCUT2D eigenvalue weighted by Crippen LogP contribution is -2.27.